The van der Waals surface area contributed by atoms with Crippen molar-refractivity contribution < 1.29 is 14.6 Å². The van der Waals surface area contributed by atoms with Crippen LogP contribution in [0.15, 0.2) is 0 Å². The first kappa shape index (κ1) is 13.3. The third-order valence-electron chi connectivity index (χ3n) is 3.39. The predicted molar refractivity (Wildman–Crippen MR) is 61.9 cm³/mol. The number of amides is 1. The lowest BCUT2D eigenvalue weighted by atomic mass is 9.69. The molecule has 0 heterocycles. The second kappa shape index (κ2) is 4.62. The predicted octanol–water partition coefficient (Wildman–Crippen LogP) is 2.19. The van der Waals surface area contributed by atoms with E-state index in [1.165, 1.54) is 0 Å². The van der Waals surface area contributed by atoms with Gasteiger partial charge in [-0.15, -0.1) is 0 Å². The molecule has 0 atom stereocenters. The largest absolute Gasteiger partial charge is 0.444 e. The first-order chi connectivity index (χ1) is 7.22. The van der Waals surface area contributed by atoms with Gasteiger partial charge in [-0.3, -0.25) is 0 Å². The van der Waals surface area contributed by atoms with Gasteiger partial charge in [0.05, 0.1) is 6.10 Å². The molecule has 1 saturated carbocycles. The molecule has 1 rings (SSSR count). The molecule has 0 aromatic heterocycles. The minimum absolute atomic E-state index is 0.137. The van der Waals surface area contributed by atoms with Gasteiger partial charge in [-0.25, -0.2) is 4.79 Å². The number of aliphatic hydroxyl groups excluding tert-OH is 1. The highest BCUT2D eigenvalue weighted by Gasteiger charge is 2.37. The normalized spacial score (nSPS) is 31.1. The van der Waals surface area contributed by atoms with Crippen LogP contribution < -0.4 is 5.73 Å². The number of carbonyl (C=O) groups is 1. The average Bonchev–Trinajstić information content (AvgIpc) is 2.07. The molecule has 4 heteroatoms. The second-order valence-electron chi connectivity index (χ2n) is 5.90. The SMILES string of the molecule is CC1(CC(C)(C)OC(N)=O)CCC(O)CC1. The molecule has 94 valence electrons. The zero-order valence-electron chi connectivity index (χ0n) is 10.5. The third kappa shape index (κ3) is 4.00. The number of aliphatic hydroxyl groups is 1. The van der Waals surface area contributed by atoms with Gasteiger partial charge in [0.1, 0.15) is 5.60 Å². The summed E-state index contributed by atoms with van der Waals surface area (Å²) in [7, 11) is 0. The number of rotatable bonds is 3. The van der Waals surface area contributed by atoms with Crippen molar-refractivity contribution in [2.75, 3.05) is 0 Å². The summed E-state index contributed by atoms with van der Waals surface area (Å²) in [6.07, 6.45) is 3.53. The first-order valence-electron chi connectivity index (χ1n) is 5.89. The van der Waals surface area contributed by atoms with Crippen LogP contribution in [0.1, 0.15) is 52.9 Å². The molecule has 0 unspecified atom stereocenters. The van der Waals surface area contributed by atoms with Gasteiger partial charge in [0.15, 0.2) is 0 Å². The Bertz CT molecular complexity index is 255. The molecule has 1 fully saturated rings. The van der Waals surface area contributed by atoms with Gasteiger partial charge in [-0.05, 0) is 51.4 Å². The fourth-order valence-electron chi connectivity index (χ4n) is 2.81. The summed E-state index contributed by atoms with van der Waals surface area (Å²) >= 11 is 0. The molecule has 0 bridgehead atoms. The summed E-state index contributed by atoms with van der Waals surface area (Å²) in [6.45, 7) is 5.95. The van der Waals surface area contributed by atoms with E-state index in [1.807, 2.05) is 13.8 Å². The van der Waals surface area contributed by atoms with E-state index in [1.54, 1.807) is 0 Å². The van der Waals surface area contributed by atoms with Gasteiger partial charge in [-0.1, -0.05) is 6.92 Å². The van der Waals surface area contributed by atoms with E-state index in [4.69, 9.17) is 10.5 Å². The molecule has 0 aromatic carbocycles. The van der Waals surface area contributed by atoms with E-state index in [0.29, 0.717) is 0 Å². The van der Waals surface area contributed by atoms with Crippen LogP contribution in [0.3, 0.4) is 0 Å². The Kier molecular flexibility index (Phi) is 3.84. The van der Waals surface area contributed by atoms with Crippen LogP contribution >= 0.6 is 0 Å². The zero-order valence-corrected chi connectivity index (χ0v) is 10.5. The van der Waals surface area contributed by atoms with Crippen LogP contribution in [0.25, 0.3) is 0 Å². The van der Waals surface area contributed by atoms with Crippen LogP contribution in [0, 0.1) is 5.41 Å². The highest BCUT2D eigenvalue weighted by molar-refractivity contribution is 5.65. The summed E-state index contributed by atoms with van der Waals surface area (Å²) in [5, 5.41) is 9.48. The number of nitrogens with two attached hydrogens (primary N) is 1. The molecular formula is C12H23NO3. The average molecular weight is 229 g/mol. The number of hydrogen-bond donors (Lipinski definition) is 2. The van der Waals surface area contributed by atoms with Crippen LogP contribution in [0.5, 0.6) is 0 Å². The molecule has 0 aromatic rings. The van der Waals surface area contributed by atoms with Gasteiger partial charge in [0.2, 0.25) is 0 Å². The Labute approximate surface area is 97.2 Å². The van der Waals surface area contributed by atoms with E-state index in [2.05, 4.69) is 6.92 Å². The van der Waals surface area contributed by atoms with Crippen molar-refractivity contribution in [1.29, 1.82) is 0 Å². The summed E-state index contributed by atoms with van der Waals surface area (Å²) < 4.78 is 5.11. The first-order valence-corrected chi connectivity index (χ1v) is 5.89. The number of carbonyl (C=O) groups excluding carboxylic acids is 1. The fraction of sp³-hybridized carbons (Fsp3) is 0.917. The van der Waals surface area contributed by atoms with E-state index < -0.39 is 11.7 Å². The lowest BCUT2D eigenvalue weighted by molar-refractivity contribution is -0.0170. The number of hydrogen-bond acceptors (Lipinski definition) is 3. The van der Waals surface area contributed by atoms with Gasteiger partial charge in [-0.2, -0.15) is 0 Å². The summed E-state index contributed by atoms with van der Waals surface area (Å²) in [5.41, 5.74) is 4.66. The molecule has 4 nitrogen and oxygen atoms in total. The third-order valence-corrected chi connectivity index (χ3v) is 3.39. The molecular weight excluding hydrogens is 206 g/mol. The van der Waals surface area contributed by atoms with Crippen LogP contribution in [-0.4, -0.2) is 22.9 Å². The maximum atomic E-state index is 10.8. The quantitative estimate of drug-likeness (QED) is 0.779. The molecule has 1 amide bonds. The minimum Gasteiger partial charge on any atom is -0.444 e. The Morgan fingerprint density at radius 2 is 2.00 bits per heavy atom. The minimum atomic E-state index is -0.718. The topological polar surface area (TPSA) is 72.5 Å². The Morgan fingerprint density at radius 3 is 2.44 bits per heavy atom. The van der Waals surface area contributed by atoms with Crippen LogP contribution in [-0.2, 0) is 4.74 Å². The monoisotopic (exact) mass is 229 g/mol. The summed E-state index contributed by atoms with van der Waals surface area (Å²) in [6, 6.07) is 0. The van der Waals surface area contributed by atoms with Crippen LogP contribution in [0.4, 0.5) is 4.79 Å². The van der Waals surface area contributed by atoms with Crippen molar-refractivity contribution in [2.45, 2.75) is 64.6 Å². The maximum Gasteiger partial charge on any atom is 0.405 e. The summed E-state index contributed by atoms with van der Waals surface area (Å²) in [4.78, 5) is 10.8. The number of ether oxygens (including phenoxy) is 1. The highest BCUT2D eigenvalue weighted by atomic mass is 16.6. The maximum absolute atomic E-state index is 10.8. The van der Waals surface area contributed by atoms with Crippen LogP contribution in [0.2, 0.25) is 0 Å². The lowest BCUT2D eigenvalue weighted by Gasteiger charge is -2.40. The second-order valence-corrected chi connectivity index (χ2v) is 5.90. The van der Waals surface area contributed by atoms with Crippen molar-refractivity contribution in [3.63, 3.8) is 0 Å². The molecule has 3 N–H and O–H groups in total. The number of primary amides is 1. The summed E-state index contributed by atoms with van der Waals surface area (Å²) in [5.74, 6) is 0. The van der Waals surface area contributed by atoms with Gasteiger partial charge < -0.3 is 15.6 Å². The van der Waals surface area contributed by atoms with Crippen molar-refractivity contribution in [2.24, 2.45) is 11.1 Å². The zero-order chi connectivity index (χ0) is 12.4. The van der Waals surface area contributed by atoms with E-state index in [0.717, 1.165) is 32.1 Å². The van der Waals surface area contributed by atoms with E-state index >= 15 is 0 Å². The van der Waals surface area contributed by atoms with Gasteiger partial charge in [0.25, 0.3) is 0 Å². The molecule has 1 aliphatic rings. The fourth-order valence-corrected chi connectivity index (χ4v) is 2.81. The van der Waals surface area contributed by atoms with Crippen molar-refractivity contribution >= 4 is 6.09 Å². The Morgan fingerprint density at radius 1 is 1.50 bits per heavy atom. The van der Waals surface area contributed by atoms with E-state index in [-0.39, 0.29) is 11.5 Å². The van der Waals surface area contributed by atoms with E-state index in [9.17, 15) is 9.90 Å². The smallest absolute Gasteiger partial charge is 0.405 e. The van der Waals surface area contributed by atoms with Crippen molar-refractivity contribution in [3.05, 3.63) is 0 Å². The molecule has 1 aliphatic carbocycles. The van der Waals surface area contributed by atoms with Gasteiger partial charge >= 0.3 is 6.09 Å². The Hall–Kier alpha value is -0.770. The lowest BCUT2D eigenvalue weighted by Crippen LogP contribution is -2.39. The Balaban J connectivity index is 2.54. The molecule has 0 spiro atoms. The molecule has 16 heavy (non-hydrogen) atoms. The standard InChI is InChI=1S/C12H23NO3/c1-11(2,16-10(13)15)8-12(3)6-4-9(14)5-7-12/h9,14H,4-8H2,1-3H3,(H2,13,15). The van der Waals surface area contributed by atoms with Crippen molar-refractivity contribution in [3.8, 4) is 0 Å². The molecule has 0 aliphatic heterocycles. The van der Waals surface area contributed by atoms with Gasteiger partial charge in [0, 0.05) is 0 Å². The highest BCUT2D eigenvalue weighted by Crippen LogP contribution is 2.42. The molecule has 0 radical (unpaired) electrons. The molecule has 0 saturated heterocycles. The van der Waals surface area contributed by atoms with Crippen molar-refractivity contribution in [1.82, 2.24) is 0 Å².